The van der Waals surface area contributed by atoms with E-state index in [1.54, 1.807) is 11.3 Å². The summed E-state index contributed by atoms with van der Waals surface area (Å²) in [4.78, 5) is 17.5. The zero-order valence-corrected chi connectivity index (χ0v) is 15.0. The number of carbonyl (C=O) groups excluding carboxylic acids is 1. The molecule has 10 heteroatoms. The van der Waals surface area contributed by atoms with Gasteiger partial charge in [0.05, 0.1) is 18.3 Å². The highest BCUT2D eigenvalue weighted by molar-refractivity contribution is 7.15. The molecule has 0 aromatic carbocycles. The fraction of sp³-hybridized carbons (Fsp3) is 0.429. The van der Waals surface area contributed by atoms with Crippen molar-refractivity contribution in [2.45, 2.75) is 26.3 Å². The highest BCUT2D eigenvalue weighted by Gasteiger charge is 2.15. The molecule has 128 valence electrons. The number of imidazole rings is 1. The van der Waals surface area contributed by atoms with Crippen molar-refractivity contribution in [3.8, 4) is 0 Å². The molecule has 3 heterocycles. The lowest BCUT2D eigenvalue weighted by molar-refractivity contribution is 0.150. The van der Waals surface area contributed by atoms with Crippen LogP contribution in [-0.4, -0.2) is 38.8 Å². The quantitative estimate of drug-likeness (QED) is 0.627. The number of nitrogens with one attached hydrogen (secondary N) is 2. The SMILES string of the molecule is CCOCCc1nnc(NC(=O)N[C@H](C)c2cn3ccsc3n2)s1. The molecule has 0 aliphatic heterocycles. The molecule has 0 unspecified atom stereocenters. The molecule has 1 atom stereocenters. The highest BCUT2D eigenvalue weighted by Crippen LogP contribution is 2.18. The van der Waals surface area contributed by atoms with Gasteiger partial charge in [-0.1, -0.05) is 11.3 Å². The second-order valence-electron chi connectivity index (χ2n) is 5.03. The molecule has 8 nitrogen and oxygen atoms in total. The summed E-state index contributed by atoms with van der Waals surface area (Å²) in [6, 6.07) is -0.534. The molecule has 0 aliphatic carbocycles. The van der Waals surface area contributed by atoms with Crippen molar-refractivity contribution in [1.82, 2.24) is 24.9 Å². The van der Waals surface area contributed by atoms with E-state index in [0.717, 1.165) is 15.7 Å². The Morgan fingerprint density at radius 1 is 1.46 bits per heavy atom. The van der Waals surface area contributed by atoms with Gasteiger partial charge in [-0.05, 0) is 13.8 Å². The normalized spacial score (nSPS) is 12.4. The molecule has 0 radical (unpaired) electrons. The number of carbonyl (C=O) groups is 1. The third-order valence-electron chi connectivity index (χ3n) is 3.25. The van der Waals surface area contributed by atoms with Gasteiger partial charge in [-0.25, -0.2) is 9.78 Å². The van der Waals surface area contributed by atoms with Gasteiger partial charge in [-0.2, -0.15) is 0 Å². The van der Waals surface area contributed by atoms with Crippen LogP contribution in [0.5, 0.6) is 0 Å². The van der Waals surface area contributed by atoms with E-state index in [4.69, 9.17) is 4.74 Å². The predicted molar refractivity (Wildman–Crippen MR) is 93.7 cm³/mol. The Labute approximate surface area is 146 Å². The van der Waals surface area contributed by atoms with Crippen molar-refractivity contribution in [2.75, 3.05) is 18.5 Å². The van der Waals surface area contributed by atoms with Crippen molar-refractivity contribution in [2.24, 2.45) is 0 Å². The molecule has 3 rings (SSSR count). The second kappa shape index (κ2) is 7.69. The lowest BCUT2D eigenvalue weighted by Gasteiger charge is -2.10. The monoisotopic (exact) mass is 366 g/mol. The van der Waals surface area contributed by atoms with Crippen molar-refractivity contribution < 1.29 is 9.53 Å². The maximum atomic E-state index is 12.1. The van der Waals surface area contributed by atoms with Crippen LogP contribution in [0.3, 0.4) is 0 Å². The minimum Gasteiger partial charge on any atom is -0.381 e. The average molecular weight is 366 g/mol. The first-order valence-electron chi connectivity index (χ1n) is 7.55. The van der Waals surface area contributed by atoms with Crippen molar-refractivity contribution in [3.63, 3.8) is 0 Å². The summed E-state index contributed by atoms with van der Waals surface area (Å²) in [5.41, 5.74) is 0.812. The molecule has 0 saturated heterocycles. The average Bonchev–Trinajstić information content (AvgIpc) is 3.22. The maximum absolute atomic E-state index is 12.1. The smallest absolute Gasteiger partial charge is 0.321 e. The number of rotatable bonds is 7. The van der Waals surface area contributed by atoms with Gasteiger partial charge < -0.3 is 10.1 Å². The number of aromatic nitrogens is 4. The Morgan fingerprint density at radius 3 is 3.12 bits per heavy atom. The molecular weight excluding hydrogens is 348 g/mol. The van der Waals surface area contributed by atoms with E-state index >= 15 is 0 Å². The van der Waals surface area contributed by atoms with E-state index in [9.17, 15) is 4.79 Å². The Bertz CT molecular complexity index is 783. The third kappa shape index (κ3) is 4.08. The minimum atomic E-state index is -0.327. The summed E-state index contributed by atoms with van der Waals surface area (Å²) in [5, 5.41) is 16.8. The van der Waals surface area contributed by atoms with E-state index < -0.39 is 0 Å². The largest absolute Gasteiger partial charge is 0.381 e. The fourth-order valence-corrected chi connectivity index (χ4v) is 3.49. The van der Waals surface area contributed by atoms with Crippen LogP contribution in [0.4, 0.5) is 9.93 Å². The highest BCUT2D eigenvalue weighted by atomic mass is 32.1. The minimum absolute atomic E-state index is 0.206. The maximum Gasteiger partial charge on any atom is 0.321 e. The fourth-order valence-electron chi connectivity index (χ4n) is 2.07. The van der Waals surface area contributed by atoms with Crippen LogP contribution in [0.1, 0.15) is 30.6 Å². The van der Waals surface area contributed by atoms with E-state index in [-0.39, 0.29) is 12.1 Å². The first kappa shape index (κ1) is 16.8. The van der Waals surface area contributed by atoms with Gasteiger partial charge in [-0.15, -0.1) is 21.5 Å². The van der Waals surface area contributed by atoms with Crippen LogP contribution in [-0.2, 0) is 11.2 Å². The molecule has 0 aliphatic rings. The molecule has 3 aromatic heterocycles. The summed E-state index contributed by atoms with van der Waals surface area (Å²) in [6.45, 7) is 5.11. The summed E-state index contributed by atoms with van der Waals surface area (Å²) in [5.74, 6) is 0. The van der Waals surface area contributed by atoms with Gasteiger partial charge in [0.15, 0.2) is 4.96 Å². The molecule has 3 aromatic rings. The lowest BCUT2D eigenvalue weighted by atomic mass is 10.2. The van der Waals surface area contributed by atoms with Crippen molar-refractivity contribution in [3.05, 3.63) is 28.5 Å². The van der Waals surface area contributed by atoms with Gasteiger partial charge in [0.25, 0.3) is 0 Å². The number of fused-ring (bicyclic) bond motifs is 1. The third-order valence-corrected chi connectivity index (χ3v) is 4.92. The number of urea groups is 1. The van der Waals surface area contributed by atoms with Gasteiger partial charge in [-0.3, -0.25) is 9.72 Å². The van der Waals surface area contributed by atoms with E-state index in [2.05, 4.69) is 25.8 Å². The molecule has 0 fully saturated rings. The standard InChI is InChI=1S/C14H18N6O2S2/c1-3-22-6-4-11-18-19-13(24-11)17-12(21)15-9(2)10-8-20-5-7-23-14(20)16-10/h5,7-9H,3-4,6H2,1-2H3,(H2,15,17,19,21)/t9-/m1/s1. The molecule has 0 saturated carbocycles. The number of amides is 2. The van der Waals surface area contributed by atoms with Gasteiger partial charge >= 0.3 is 6.03 Å². The number of ether oxygens (including phenoxy) is 1. The summed E-state index contributed by atoms with van der Waals surface area (Å²) in [6.07, 6.45) is 4.54. The summed E-state index contributed by atoms with van der Waals surface area (Å²) < 4.78 is 7.21. The van der Waals surface area contributed by atoms with E-state index in [1.807, 2.05) is 36.0 Å². The van der Waals surface area contributed by atoms with Crippen LogP contribution in [0.25, 0.3) is 4.96 Å². The number of anilines is 1. The van der Waals surface area contributed by atoms with E-state index in [1.165, 1.54) is 11.3 Å². The Morgan fingerprint density at radius 2 is 2.33 bits per heavy atom. The zero-order valence-electron chi connectivity index (χ0n) is 13.4. The number of hydrogen-bond donors (Lipinski definition) is 2. The second-order valence-corrected chi connectivity index (χ2v) is 6.96. The first-order valence-corrected chi connectivity index (χ1v) is 9.25. The van der Waals surface area contributed by atoms with Crippen molar-refractivity contribution in [1.29, 1.82) is 0 Å². The molecule has 0 spiro atoms. The Balaban J connectivity index is 1.52. The molecule has 24 heavy (non-hydrogen) atoms. The van der Waals surface area contributed by atoms with Crippen molar-refractivity contribution >= 4 is 38.8 Å². The predicted octanol–water partition coefficient (Wildman–Crippen LogP) is 2.71. The number of thiazole rings is 1. The van der Waals surface area contributed by atoms with Crippen LogP contribution in [0, 0.1) is 0 Å². The van der Waals surface area contributed by atoms with Crippen LogP contribution >= 0.6 is 22.7 Å². The van der Waals surface area contributed by atoms with Crippen LogP contribution in [0.2, 0.25) is 0 Å². The molecular formula is C14H18N6O2S2. The number of hydrogen-bond acceptors (Lipinski definition) is 7. The Hall–Kier alpha value is -2.04. The molecule has 2 amide bonds. The first-order chi connectivity index (χ1) is 11.7. The van der Waals surface area contributed by atoms with Crippen LogP contribution in [0.15, 0.2) is 17.8 Å². The lowest BCUT2D eigenvalue weighted by Crippen LogP contribution is -2.31. The molecule has 2 N–H and O–H groups in total. The zero-order chi connectivity index (χ0) is 16.9. The van der Waals surface area contributed by atoms with Gasteiger partial charge in [0.1, 0.15) is 5.01 Å². The summed E-state index contributed by atoms with van der Waals surface area (Å²) >= 11 is 2.90. The van der Waals surface area contributed by atoms with E-state index in [0.29, 0.717) is 24.8 Å². The Kier molecular flexibility index (Phi) is 5.38. The van der Waals surface area contributed by atoms with Gasteiger partial charge in [0, 0.05) is 30.8 Å². The topological polar surface area (TPSA) is 93.4 Å². The number of nitrogens with zero attached hydrogens (tertiary/aromatic N) is 4. The van der Waals surface area contributed by atoms with Crippen LogP contribution < -0.4 is 10.6 Å². The van der Waals surface area contributed by atoms with Gasteiger partial charge in [0.2, 0.25) is 5.13 Å². The summed E-state index contributed by atoms with van der Waals surface area (Å²) in [7, 11) is 0. The molecule has 0 bridgehead atoms.